The molecule has 10 heteroatoms. The molecule has 144 valence electrons. The predicted molar refractivity (Wildman–Crippen MR) is 98.2 cm³/mol. The van der Waals surface area contributed by atoms with Crippen molar-refractivity contribution in [3.05, 3.63) is 91.1 Å². The number of H-pyrrole nitrogens is 1. The summed E-state index contributed by atoms with van der Waals surface area (Å²) in [6, 6.07) is 5.23. The summed E-state index contributed by atoms with van der Waals surface area (Å²) in [6.45, 7) is 1.81. The Morgan fingerprint density at radius 2 is 1.96 bits per heavy atom. The van der Waals surface area contributed by atoms with Crippen LogP contribution >= 0.6 is 0 Å². The second-order valence-corrected chi connectivity index (χ2v) is 5.93. The van der Waals surface area contributed by atoms with Gasteiger partial charge in [-0.05, 0) is 19.1 Å². The van der Waals surface area contributed by atoms with Gasteiger partial charge in [0.15, 0.2) is 0 Å². The molecule has 9 nitrogen and oxygen atoms in total. The molecule has 0 saturated heterocycles. The van der Waals surface area contributed by atoms with Gasteiger partial charge in [0.25, 0.3) is 17.0 Å². The zero-order chi connectivity index (χ0) is 20.3. The maximum absolute atomic E-state index is 14.0. The second kappa shape index (κ2) is 7.82. The summed E-state index contributed by atoms with van der Waals surface area (Å²) in [5, 5.41) is 2.49. The van der Waals surface area contributed by atoms with Gasteiger partial charge in [-0.2, -0.15) is 0 Å². The Bertz CT molecular complexity index is 1210. The number of aromatic nitrogens is 4. The lowest BCUT2D eigenvalue weighted by atomic mass is 10.2. The molecule has 3 rings (SSSR count). The van der Waals surface area contributed by atoms with E-state index in [1.165, 1.54) is 35.3 Å². The highest BCUT2D eigenvalue weighted by atomic mass is 19.1. The largest absolute Gasteiger partial charge is 0.350 e. The van der Waals surface area contributed by atoms with E-state index in [4.69, 9.17) is 0 Å². The Hall–Kier alpha value is -3.82. The number of nitrogens with zero attached hydrogens (tertiary/aromatic N) is 3. The van der Waals surface area contributed by atoms with Gasteiger partial charge in [-0.3, -0.25) is 19.0 Å². The minimum absolute atomic E-state index is 0.0438. The Balaban J connectivity index is 1.83. The first kappa shape index (κ1) is 19.0. The first-order valence-electron chi connectivity index (χ1n) is 8.29. The lowest BCUT2D eigenvalue weighted by Gasteiger charge is -2.09. The molecule has 0 spiro atoms. The van der Waals surface area contributed by atoms with E-state index in [9.17, 15) is 23.6 Å². The molecule has 1 aromatic carbocycles. The lowest BCUT2D eigenvalue weighted by molar-refractivity contribution is 0.0949. The number of nitrogens with one attached hydrogen (secondary N) is 2. The van der Waals surface area contributed by atoms with Crippen LogP contribution in [0.4, 0.5) is 4.39 Å². The van der Waals surface area contributed by atoms with Crippen molar-refractivity contribution in [2.75, 3.05) is 6.54 Å². The average Bonchev–Trinajstić information content (AvgIpc) is 2.66. The number of carbonyl (C=O) groups is 1. The molecule has 0 aliphatic heterocycles. The smallest absolute Gasteiger partial charge is 0.333 e. The van der Waals surface area contributed by atoms with Gasteiger partial charge in [-0.1, -0.05) is 12.1 Å². The van der Waals surface area contributed by atoms with E-state index in [2.05, 4.69) is 15.3 Å². The van der Waals surface area contributed by atoms with Crippen LogP contribution in [-0.2, 0) is 6.54 Å². The van der Waals surface area contributed by atoms with Crippen LogP contribution < -0.4 is 22.1 Å². The molecule has 2 heterocycles. The number of benzene rings is 1. The Kier molecular flexibility index (Phi) is 5.30. The van der Waals surface area contributed by atoms with E-state index < -0.39 is 23.0 Å². The number of halogens is 1. The summed E-state index contributed by atoms with van der Waals surface area (Å²) in [6.07, 6.45) is 3.74. The number of aromatic amines is 1. The van der Waals surface area contributed by atoms with Crippen molar-refractivity contribution in [3.8, 4) is 5.69 Å². The molecule has 3 aromatic rings. The number of hydrogen-bond donors (Lipinski definition) is 2. The summed E-state index contributed by atoms with van der Waals surface area (Å²) in [5.41, 5.74) is -2.24. The van der Waals surface area contributed by atoms with Crippen molar-refractivity contribution in [3.63, 3.8) is 0 Å². The molecule has 0 fully saturated rings. The molecule has 0 bridgehead atoms. The highest BCUT2D eigenvalue weighted by Crippen LogP contribution is 2.08. The Labute approximate surface area is 157 Å². The third-order valence-corrected chi connectivity index (χ3v) is 4.03. The fourth-order valence-electron chi connectivity index (χ4n) is 2.59. The zero-order valence-corrected chi connectivity index (χ0v) is 14.8. The maximum Gasteiger partial charge on any atom is 0.333 e. The molecule has 0 aliphatic rings. The van der Waals surface area contributed by atoms with E-state index in [0.29, 0.717) is 10.1 Å². The molecule has 0 aliphatic carbocycles. The minimum atomic E-state index is -0.958. The summed E-state index contributed by atoms with van der Waals surface area (Å²) in [4.78, 5) is 55.0. The van der Waals surface area contributed by atoms with Crippen LogP contribution in [0.3, 0.4) is 0 Å². The van der Waals surface area contributed by atoms with Crippen LogP contribution in [0.5, 0.6) is 0 Å². The first-order chi connectivity index (χ1) is 13.4. The average molecular weight is 385 g/mol. The first-order valence-corrected chi connectivity index (χ1v) is 8.29. The summed E-state index contributed by atoms with van der Waals surface area (Å²) < 4.78 is 15.9. The fourth-order valence-corrected chi connectivity index (χ4v) is 2.59. The number of amides is 1. The second-order valence-electron chi connectivity index (χ2n) is 5.93. The number of carbonyl (C=O) groups excluding carboxylic acids is 1. The zero-order valence-electron chi connectivity index (χ0n) is 14.8. The van der Waals surface area contributed by atoms with Crippen LogP contribution in [-0.4, -0.2) is 31.6 Å². The molecular weight excluding hydrogens is 369 g/mol. The van der Waals surface area contributed by atoms with Gasteiger partial charge >= 0.3 is 5.69 Å². The van der Waals surface area contributed by atoms with E-state index in [1.54, 1.807) is 6.92 Å². The fraction of sp³-hybridized carbons (Fsp3) is 0.167. The van der Waals surface area contributed by atoms with Crippen molar-refractivity contribution >= 4 is 5.91 Å². The van der Waals surface area contributed by atoms with Crippen LogP contribution in [0.25, 0.3) is 5.69 Å². The van der Waals surface area contributed by atoms with Gasteiger partial charge in [0.1, 0.15) is 11.4 Å². The predicted octanol–water partition coefficient (Wildman–Crippen LogP) is -0.0400. The SMILES string of the molecule is Cc1cncn(CCNC(=O)c2c[nH]c(=O)n(-c3ccccc3F)c2=O)c1=O. The standard InChI is InChI=1S/C18H16FN5O4/c1-11-8-20-10-23(16(11)26)7-6-21-15(25)12-9-22-18(28)24(17(12)27)14-5-3-2-4-13(14)19/h2-5,8-10H,6-7H2,1H3,(H,21,25)(H,22,28). The summed E-state index contributed by atoms with van der Waals surface area (Å²) >= 11 is 0. The molecule has 0 saturated carbocycles. The van der Waals surface area contributed by atoms with Crippen molar-refractivity contribution < 1.29 is 9.18 Å². The lowest BCUT2D eigenvalue weighted by Crippen LogP contribution is -2.41. The summed E-state index contributed by atoms with van der Waals surface area (Å²) in [7, 11) is 0. The molecule has 0 atom stereocenters. The van der Waals surface area contributed by atoms with E-state index >= 15 is 0 Å². The van der Waals surface area contributed by atoms with Gasteiger partial charge in [0.05, 0.1) is 12.0 Å². The van der Waals surface area contributed by atoms with Crippen molar-refractivity contribution in [1.29, 1.82) is 0 Å². The molecule has 0 unspecified atom stereocenters. The Morgan fingerprint density at radius 1 is 1.21 bits per heavy atom. The quantitative estimate of drug-likeness (QED) is 0.639. The molecule has 2 aromatic heterocycles. The van der Waals surface area contributed by atoms with Crippen molar-refractivity contribution in [1.82, 2.24) is 24.4 Å². The highest BCUT2D eigenvalue weighted by molar-refractivity contribution is 5.93. The van der Waals surface area contributed by atoms with E-state index in [0.717, 1.165) is 12.3 Å². The van der Waals surface area contributed by atoms with Crippen molar-refractivity contribution in [2.24, 2.45) is 0 Å². The number of para-hydroxylation sites is 1. The number of hydrogen-bond acceptors (Lipinski definition) is 5. The van der Waals surface area contributed by atoms with E-state index in [1.807, 2.05) is 0 Å². The van der Waals surface area contributed by atoms with Gasteiger partial charge in [-0.25, -0.2) is 18.7 Å². The Morgan fingerprint density at radius 3 is 2.71 bits per heavy atom. The van der Waals surface area contributed by atoms with E-state index in [-0.39, 0.29) is 29.9 Å². The molecule has 0 radical (unpaired) electrons. The van der Waals surface area contributed by atoms with Gasteiger partial charge < -0.3 is 10.3 Å². The normalized spacial score (nSPS) is 10.6. The van der Waals surface area contributed by atoms with Crippen LogP contribution in [0.2, 0.25) is 0 Å². The monoisotopic (exact) mass is 385 g/mol. The minimum Gasteiger partial charge on any atom is -0.350 e. The van der Waals surface area contributed by atoms with Gasteiger partial charge in [0.2, 0.25) is 0 Å². The molecular formula is C18H16FN5O4. The van der Waals surface area contributed by atoms with Crippen molar-refractivity contribution in [2.45, 2.75) is 13.5 Å². The maximum atomic E-state index is 14.0. The third kappa shape index (κ3) is 3.65. The summed E-state index contributed by atoms with van der Waals surface area (Å²) in [5.74, 6) is -1.54. The van der Waals surface area contributed by atoms with Gasteiger partial charge in [-0.15, -0.1) is 0 Å². The highest BCUT2D eigenvalue weighted by Gasteiger charge is 2.17. The molecule has 28 heavy (non-hydrogen) atoms. The van der Waals surface area contributed by atoms with Crippen LogP contribution in [0, 0.1) is 12.7 Å². The number of rotatable bonds is 5. The van der Waals surface area contributed by atoms with Gasteiger partial charge in [0, 0.05) is 31.0 Å². The number of aryl methyl sites for hydroxylation is 1. The topological polar surface area (TPSA) is 119 Å². The van der Waals surface area contributed by atoms with Crippen LogP contribution in [0.15, 0.2) is 57.4 Å². The molecule has 2 N–H and O–H groups in total. The third-order valence-electron chi connectivity index (χ3n) is 4.03. The van der Waals surface area contributed by atoms with Crippen LogP contribution in [0.1, 0.15) is 15.9 Å². The molecule has 1 amide bonds.